The maximum absolute atomic E-state index is 13.9. The maximum Gasteiger partial charge on any atom is 0.227 e. The highest BCUT2D eigenvalue weighted by Gasteiger charge is 2.20. The predicted octanol–water partition coefficient (Wildman–Crippen LogP) is 3.02. The average molecular weight is 301 g/mol. The van der Waals surface area contributed by atoms with Gasteiger partial charge in [0, 0.05) is 26.2 Å². The van der Waals surface area contributed by atoms with Gasteiger partial charge in [-0.25, -0.2) is 9.37 Å². The van der Waals surface area contributed by atoms with Crippen LogP contribution in [0.25, 0.3) is 0 Å². The molecule has 3 rings (SSSR count). The first-order valence-electron chi connectivity index (χ1n) is 7.37. The smallest absolute Gasteiger partial charge is 0.227 e. The van der Waals surface area contributed by atoms with Crippen LogP contribution in [0.4, 0.5) is 16.2 Å². The Kier molecular flexibility index (Phi) is 5.40. The summed E-state index contributed by atoms with van der Waals surface area (Å²) < 4.78 is 13.9. The third-order valence-corrected chi connectivity index (χ3v) is 4.01. The van der Waals surface area contributed by atoms with Gasteiger partial charge in [-0.2, -0.15) is 4.98 Å². The summed E-state index contributed by atoms with van der Waals surface area (Å²) in [5, 5.41) is 0. The lowest BCUT2D eigenvalue weighted by Gasteiger charge is -2.30. The van der Waals surface area contributed by atoms with E-state index in [1.165, 1.54) is 31.9 Å². The van der Waals surface area contributed by atoms with Crippen molar-refractivity contribution in [1.29, 1.82) is 0 Å². The van der Waals surface area contributed by atoms with Gasteiger partial charge in [0.25, 0.3) is 0 Å². The minimum Gasteiger partial charge on any atom is -0.354 e. The molecule has 1 aromatic rings. The summed E-state index contributed by atoms with van der Waals surface area (Å²) in [5.41, 5.74) is 0. The lowest BCUT2D eigenvalue weighted by molar-refractivity contribution is 0.539. The zero-order valence-corrected chi connectivity index (χ0v) is 12.5. The van der Waals surface area contributed by atoms with E-state index in [1.807, 2.05) is 0 Å². The third kappa shape index (κ3) is 3.32. The molecule has 0 aliphatic carbocycles. The Morgan fingerprint density at radius 3 is 2.00 bits per heavy atom. The quantitative estimate of drug-likeness (QED) is 0.840. The Morgan fingerprint density at radius 1 is 0.850 bits per heavy atom. The van der Waals surface area contributed by atoms with Gasteiger partial charge in [0.05, 0.1) is 6.20 Å². The highest BCUT2D eigenvalue weighted by atomic mass is 35.5. The fraction of sp³-hybridized carbons (Fsp3) is 0.714. The summed E-state index contributed by atoms with van der Waals surface area (Å²) in [5.74, 6) is 0.902. The molecule has 0 radical (unpaired) electrons. The zero-order chi connectivity index (χ0) is 13.1. The zero-order valence-electron chi connectivity index (χ0n) is 11.7. The summed E-state index contributed by atoms with van der Waals surface area (Å²) >= 11 is 0. The first-order chi connectivity index (χ1) is 9.34. The normalized spacial score (nSPS) is 19.6. The summed E-state index contributed by atoms with van der Waals surface area (Å²) in [6.07, 6.45) is 8.46. The molecule has 112 valence electrons. The van der Waals surface area contributed by atoms with E-state index >= 15 is 0 Å². The van der Waals surface area contributed by atoms with E-state index in [1.54, 1.807) is 0 Å². The van der Waals surface area contributed by atoms with Crippen molar-refractivity contribution in [2.75, 3.05) is 36.0 Å². The Hall–Kier alpha value is -1.10. The number of hydrogen-bond donors (Lipinski definition) is 0. The molecule has 4 nitrogen and oxygen atoms in total. The van der Waals surface area contributed by atoms with E-state index in [4.69, 9.17) is 0 Å². The number of aromatic nitrogens is 2. The van der Waals surface area contributed by atoms with Gasteiger partial charge in [-0.1, -0.05) is 0 Å². The van der Waals surface area contributed by atoms with Gasteiger partial charge in [0.15, 0.2) is 11.6 Å². The Balaban J connectivity index is 0.00000147. The molecule has 1 aromatic heterocycles. The van der Waals surface area contributed by atoms with Crippen LogP contribution < -0.4 is 9.80 Å². The molecular formula is C14H22ClFN4. The van der Waals surface area contributed by atoms with Crippen LogP contribution in [0, 0.1) is 5.82 Å². The molecule has 0 spiro atoms. The van der Waals surface area contributed by atoms with Crippen molar-refractivity contribution in [2.24, 2.45) is 0 Å². The van der Waals surface area contributed by atoms with E-state index < -0.39 is 0 Å². The molecule has 6 heteroatoms. The lowest BCUT2D eigenvalue weighted by Crippen LogP contribution is -2.34. The molecule has 20 heavy (non-hydrogen) atoms. The number of piperidine rings is 2. The molecule has 0 atom stereocenters. The van der Waals surface area contributed by atoms with Crippen molar-refractivity contribution < 1.29 is 4.39 Å². The Labute approximate surface area is 125 Å². The number of halogens is 2. The van der Waals surface area contributed by atoms with Gasteiger partial charge in [0.2, 0.25) is 5.95 Å². The molecule has 0 N–H and O–H groups in total. The fourth-order valence-corrected chi connectivity index (χ4v) is 2.92. The second-order valence-corrected chi connectivity index (χ2v) is 5.44. The molecule has 0 amide bonds. The van der Waals surface area contributed by atoms with Crippen molar-refractivity contribution in [3.05, 3.63) is 12.0 Å². The largest absolute Gasteiger partial charge is 0.354 e. The molecule has 0 bridgehead atoms. The molecule has 3 heterocycles. The van der Waals surface area contributed by atoms with Crippen LogP contribution in [0.3, 0.4) is 0 Å². The SMILES string of the molecule is Cl.Fc1cnc(N2CCCCC2)nc1N1CCCCC1. The van der Waals surface area contributed by atoms with Crippen LogP contribution in [-0.2, 0) is 0 Å². The maximum atomic E-state index is 13.9. The molecule has 2 saturated heterocycles. The minimum absolute atomic E-state index is 0. The number of rotatable bonds is 2. The van der Waals surface area contributed by atoms with Crippen molar-refractivity contribution in [2.45, 2.75) is 38.5 Å². The third-order valence-electron chi connectivity index (χ3n) is 4.01. The lowest BCUT2D eigenvalue weighted by atomic mass is 10.1. The van der Waals surface area contributed by atoms with Gasteiger partial charge in [-0.3, -0.25) is 0 Å². The summed E-state index contributed by atoms with van der Waals surface area (Å²) in [4.78, 5) is 12.9. The molecule has 0 saturated carbocycles. The Morgan fingerprint density at radius 2 is 1.40 bits per heavy atom. The van der Waals surface area contributed by atoms with Gasteiger partial charge in [-0.05, 0) is 38.5 Å². The monoisotopic (exact) mass is 300 g/mol. The van der Waals surface area contributed by atoms with E-state index in [2.05, 4.69) is 19.8 Å². The van der Waals surface area contributed by atoms with Crippen LogP contribution in [0.2, 0.25) is 0 Å². The highest BCUT2D eigenvalue weighted by Crippen LogP contribution is 2.24. The standard InChI is InChI=1S/C14H21FN4.ClH/c15-12-11-16-14(19-9-5-2-6-10-19)17-13(12)18-7-3-1-4-8-18;/h11H,1-10H2;1H. The van der Waals surface area contributed by atoms with Crippen LogP contribution in [0.5, 0.6) is 0 Å². The topological polar surface area (TPSA) is 32.3 Å². The molecule has 2 fully saturated rings. The molecule has 2 aliphatic rings. The highest BCUT2D eigenvalue weighted by molar-refractivity contribution is 5.85. The van der Waals surface area contributed by atoms with Gasteiger partial charge >= 0.3 is 0 Å². The van der Waals surface area contributed by atoms with Crippen molar-refractivity contribution >= 4 is 24.2 Å². The predicted molar refractivity (Wildman–Crippen MR) is 81.4 cm³/mol. The van der Waals surface area contributed by atoms with Crippen molar-refractivity contribution in [3.63, 3.8) is 0 Å². The van der Waals surface area contributed by atoms with E-state index in [-0.39, 0.29) is 18.2 Å². The van der Waals surface area contributed by atoms with Crippen LogP contribution >= 0.6 is 12.4 Å². The summed E-state index contributed by atoms with van der Waals surface area (Å²) in [7, 11) is 0. The Bertz CT molecular complexity index is 431. The van der Waals surface area contributed by atoms with Gasteiger partial charge < -0.3 is 9.80 Å². The van der Waals surface area contributed by atoms with Gasteiger partial charge in [-0.15, -0.1) is 12.4 Å². The second-order valence-electron chi connectivity index (χ2n) is 5.44. The molecule has 2 aliphatic heterocycles. The second kappa shape index (κ2) is 7.07. The number of anilines is 2. The molecular weight excluding hydrogens is 279 g/mol. The number of hydrogen-bond acceptors (Lipinski definition) is 4. The van der Waals surface area contributed by atoms with Crippen LogP contribution in [0.15, 0.2) is 6.20 Å². The van der Waals surface area contributed by atoms with Crippen molar-refractivity contribution in [3.8, 4) is 0 Å². The van der Waals surface area contributed by atoms with E-state index in [0.717, 1.165) is 39.0 Å². The van der Waals surface area contributed by atoms with Crippen LogP contribution in [-0.4, -0.2) is 36.1 Å². The first kappa shape index (κ1) is 15.3. The summed E-state index contributed by atoms with van der Waals surface area (Å²) in [6, 6.07) is 0. The molecule has 0 unspecified atom stereocenters. The first-order valence-corrected chi connectivity index (χ1v) is 7.37. The average Bonchev–Trinajstić information content (AvgIpc) is 2.49. The van der Waals surface area contributed by atoms with E-state index in [9.17, 15) is 4.39 Å². The minimum atomic E-state index is -0.289. The van der Waals surface area contributed by atoms with Crippen LogP contribution in [0.1, 0.15) is 38.5 Å². The fourth-order valence-electron chi connectivity index (χ4n) is 2.92. The van der Waals surface area contributed by atoms with Crippen molar-refractivity contribution in [1.82, 2.24) is 9.97 Å². The summed E-state index contributed by atoms with van der Waals surface area (Å²) in [6.45, 7) is 3.80. The van der Waals surface area contributed by atoms with E-state index in [0.29, 0.717) is 11.8 Å². The molecule has 0 aromatic carbocycles. The van der Waals surface area contributed by atoms with Gasteiger partial charge in [0.1, 0.15) is 0 Å². The number of nitrogens with zero attached hydrogens (tertiary/aromatic N) is 4.